The third-order valence-electron chi connectivity index (χ3n) is 5.81. The zero-order valence-corrected chi connectivity index (χ0v) is 18.5. The van der Waals surface area contributed by atoms with Gasteiger partial charge in [-0.3, -0.25) is 5.21 Å². The number of sulfonamides is 1. The molecule has 9 heteroatoms. The normalized spacial score (nSPS) is 22.5. The second kappa shape index (κ2) is 7.09. The quantitative estimate of drug-likeness (QED) is 0.579. The van der Waals surface area contributed by atoms with Gasteiger partial charge in [0.2, 0.25) is 22.4 Å². The molecule has 0 spiro atoms. The van der Waals surface area contributed by atoms with Crippen LogP contribution in [0.15, 0.2) is 35.5 Å². The van der Waals surface area contributed by atoms with Gasteiger partial charge in [0.25, 0.3) is 0 Å². The van der Waals surface area contributed by atoms with Crippen LogP contribution in [0.4, 0.5) is 4.79 Å². The van der Waals surface area contributed by atoms with E-state index in [0.717, 1.165) is 11.2 Å². The van der Waals surface area contributed by atoms with E-state index >= 15 is 0 Å². The minimum Gasteiger partial charge on any atom is -0.444 e. The van der Waals surface area contributed by atoms with Crippen molar-refractivity contribution >= 4 is 26.9 Å². The second-order valence-electron chi connectivity index (χ2n) is 9.15. The zero-order chi connectivity index (χ0) is 21.8. The Balaban J connectivity index is 1.64. The van der Waals surface area contributed by atoms with Crippen molar-refractivity contribution in [1.29, 1.82) is 0 Å². The molecule has 0 radical (unpaired) electrons. The number of carbonyl (C=O) groups is 1. The standard InChI is InChI=1S/C21H28N3O5S/c1-14-10-22(26)11-16-6-5-7-18(19(14)16)30(27,28)23-12-15-8-9-24(17(15)13-23)20(25)29-21(2,3)4/h5-7,10-11,15,17,26H,8-9,12-13H2,1-4H3/q+1/t15-,17+/m0/s1. The van der Waals surface area contributed by atoms with Crippen molar-refractivity contribution in [1.82, 2.24) is 9.21 Å². The summed E-state index contributed by atoms with van der Waals surface area (Å²) in [7, 11) is -3.76. The Kier molecular flexibility index (Phi) is 4.93. The van der Waals surface area contributed by atoms with Gasteiger partial charge in [0.1, 0.15) is 5.60 Å². The first-order chi connectivity index (χ1) is 14.0. The van der Waals surface area contributed by atoms with Crippen LogP contribution in [-0.2, 0) is 14.8 Å². The Morgan fingerprint density at radius 2 is 1.97 bits per heavy atom. The molecule has 162 valence electrons. The van der Waals surface area contributed by atoms with E-state index in [1.807, 2.05) is 20.8 Å². The van der Waals surface area contributed by atoms with Crippen molar-refractivity contribution in [3.8, 4) is 0 Å². The van der Waals surface area contributed by atoms with Gasteiger partial charge in [-0.15, -0.1) is 0 Å². The Labute approximate surface area is 176 Å². The van der Waals surface area contributed by atoms with E-state index in [1.165, 1.54) is 16.7 Å². The molecule has 2 aromatic rings. The number of hydrogen-bond acceptors (Lipinski definition) is 5. The fraction of sp³-hybridized carbons (Fsp3) is 0.524. The van der Waals surface area contributed by atoms with Crippen molar-refractivity contribution < 1.29 is 27.9 Å². The summed E-state index contributed by atoms with van der Waals surface area (Å²) in [4.78, 5) is 14.5. The van der Waals surface area contributed by atoms with Crippen molar-refractivity contribution in [2.45, 2.75) is 50.7 Å². The zero-order valence-electron chi connectivity index (χ0n) is 17.7. The van der Waals surface area contributed by atoms with Crippen LogP contribution < -0.4 is 4.73 Å². The number of aromatic nitrogens is 1. The first-order valence-electron chi connectivity index (χ1n) is 10.1. The number of nitrogens with zero attached hydrogens (tertiary/aromatic N) is 3. The van der Waals surface area contributed by atoms with Gasteiger partial charge in [-0.1, -0.05) is 6.07 Å². The highest BCUT2D eigenvalue weighted by Crippen LogP contribution is 2.37. The molecule has 0 saturated carbocycles. The van der Waals surface area contributed by atoms with Crippen LogP contribution in [0.5, 0.6) is 0 Å². The smallest absolute Gasteiger partial charge is 0.410 e. The molecule has 0 unspecified atom stereocenters. The maximum atomic E-state index is 13.5. The van der Waals surface area contributed by atoms with Crippen molar-refractivity contribution in [2.75, 3.05) is 19.6 Å². The molecule has 1 N–H and O–H groups in total. The second-order valence-corrected chi connectivity index (χ2v) is 11.1. The van der Waals surface area contributed by atoms with Crippen LogP contribution in [-0.4, -0.2) is 60.2 Å². The summed E-state index contributed by atoms with van der Waals surface area (Å²) in [6, 6.07) is 4.88. The summed E-state index contributed by atoms with van der Waals surface area (Å²) in [6.45, 7) is 8.47. The fourth-order valence-electron chi connectivity index (χ4n) is 4.54. The lowest BCUT2D eigenvalue weighted by atomic mass is 10.1. The largest absolute Gasteiger partial charge is 0.444 e. The number of fused-ring (bicyclic) bond motifs is 2. The first kappa shape index (κ1) is 20.9. The lowest BCUT2D eigenvalue weighted by Gasteiger charge is -2.28. The van der Waals surface area contributed by atoms with Gasteiger partial charge in [0.15, 0.2) is 0 Å². The maximum Gasteiger partial charge on any atom is 0.410 e. The first-order valence-corrected chi connectivity index (χ1v) is 11.5. The molecule has 2 aliphatic heterocycles. The van der Waals surface area contributed by atoms with Crippen LogP contribution in [0.25, 0.3) is 10.8 Å². The summed E-state index contributed by atoms with van der Waals surface area (Å²) in [6.07, 6.45) is 3.35. The number of ether oxygens (including phenoxy) is 1. The molecule has 2 atom stereocenters. The van der Waals surface area contributed by atoms with Crippen LogP contribution in [0.3, 0.4) is 0 Å². The molecular formula is C21H28N3O5S+. The molecule has 1 aromatic heterocycles. The van der Waals surface area contributed by atoms with E-state index < -0.39 is 15.6 Å². The van der Waals surface area contributed by atoms with Crippen LogP contribution >= 0.6 is 0 Å². The van der Waals surface area contributed by atoms with Gasteiger partial charge in [0.05, 0.1) is 16.3 Å². The average molecular weight is 435 g/mol. The minimum atomic E-state index is -3.76. The molecule has 8 nitrogen and oxygen atoms in total. The highest BCUT2D eigenvalue weighted by Gasteiger charge is 2.48. The number of pyridine rings is 1. The van der Waals surface area contributed by atoms with E-state index in [0.29, 0.717) is 29.4 Å². The SMILES string of the molecule is Cc1c[n+](O)cc2cccc(S(=O)(=O)N3C[C@@H]4CCN(C(=O)OC(C)(C)C)[C@@H]4C3)c12. The number of rotatable bonds is 2. The molecular weight excluding hydrogens is 406 g/mol. The van der Waals surface area contributed by atoms with Crippen molar-refractivity contribution in [3.05, 3.63) is 36.2 Å². The molecule has 0 bridgehead atoms. The summed E-state index contributed by atoms with van der Waals surface area (Å²) in [5.74, 6) is 0.1000. The number of carbonyl (C=O) groups excluding carboxylic acids is 1. The number of benzene rings is 1. The molecule has 3 heterocycles. The number of likely N-dealkylation sites (tertiary alicyclic amines) is 1. The Hall–Kier alpha value is -2.39. The Morgan fingerprint density at radius 3 is 2.67 bits per heavy atom. The molecule has 2 saturated heterocycles. The molecule has 30 heavy (non-hydrogen) atoms. The highest BCUT2D eigenvalue weighted by molar-refractivity contribution is 7.89. The van der Waals surface area contributed by atoms with E-state index in [-0.39, 0.29) is 29.5 Å². The third-order valence-corrected chi connectivity index (χ3v) is 7.68. The average Bonchev–Trinajstić information content (AvgIpc) is 3.20. The predicted molar refractivity (Wildman–Crippen MR) is 110 cm³/mol. The van der Waals surface area contributed by atoms with Gasteiger partial charge < -0.3 is 9.64 Å². The highest BCUT2D eigenvalue weighted by atomic mass is 32.2. The Morgan fingerprint density at radius 1 is 1.23 bits per heavy atom. The van der Waals surface area contributed by atoms with Gasteiger partial charge in [-0.25, -0.2) is 13.2 Å². The Bertz CT molecular complexity index is 1110. The van der Waals surface area contributed by atoms with Gasteiger partial charge in [-0.2, -0.15) is 4.31 Å². The lowest BCUT2D eigenvalue weighted by molar-refractivity contribution is -0.904. The van der Waals surface area contributed by atoms with E-state index in [1.54, 1.807) is 30.0 Å². The minimum absolute atomic E-state index is 0.1000. The molecule has 2 fully saturated rings. The summed E-state index contributed by atoms with van der Waals surface area (Å²) < 4.78 is 35.0. The third kappa shape index (κ3) is 3.60. The molecule has 1 aromatic carbocycles. The topological polar surface area (TPSA) is 91.0 Å². The molecule has 1 amide bonds. The van der Waals surface area contributed by atoms with Crippen molar-refractivity contribution in [3.63, 3.8) is 0 Å². The van der Waals surface area contributed by atoms with Gasteiger partial charge in [0, 0.05) is 35.3 Å². The van der Waals surface area contributed by atoms with E-state index in [9.17, 15) is 18.4 Å². The van der Waals surface area contributed by atoms with Gasteiger partial charge >= 0.3 is 6.09 Å². The predicted octanol–water partition coefficient (Wildman–Crippen LogP) is 2.30. The van der Waals surface area contributed by atoms with Crippen LogP contribution in [0.2, 0.25) is 0 Å². The number of hydrogen-bond donors (Lipinski definition) is 1. The summed E-state index contributed by atoms with van der Waals surface area (Å²) in [5, 5.41) is 11.0. The monoisotopic (exact) mass is 434 g/mol. The summed E-state index contributed by atoms with van der Waals surface area (Å²) in [5.41, 5.74) is 0.0767. The molecule has 2 aliphatic rings. The maximum absolute atomic E-state index is 13.5. The number of amides is 1. The lowest BCUT2D eigenvalue weighted by Crippen LogP contribution is -2.43. The molecule has 4 rings (SSSR count). The number of aryl methyl sites for hydroxylation is 1. The van der Waals surface area contributed by atoms with E-state index in [4.69, 9.17) is 4.74 Å². The van der Waals surface area contributed by atoms with E-state index in [2.05, 4.69) is 0 Å². The summed E-state index contributed by atoms with van der Waals surface area (Å²) >= 11 is 0. The van der Waals surface area contributed by atoms with Crippen LogP contribution in [0, 0.1) is 12.8 Å². The van der Waals surface area contributed by atoms with Crippen LogP contribution in [0.1, 0.15) is 32.8 Å². The molecule has 0 aliphatic carbocycles. The van der Waals surface area contributed by atoms with Crippen molar-refractivity contribution in [2.24, 2.45) is 5.92 Å². The fourth-order valence-corrected chi connectivity index (χ4v) is 6.34. The van der Waals surface area contributed by atoms with Gasteiger partial charge in [-0.05, 0) is 52.2 Å².